The third kappa shape index (κ3) is 4.79. The van der Waals surface area contributed by atoms with E-state index in [1.54, 1.807) is 34.9 Å². The molecule has 4 aromatic rings. The fraction of sp³-hybridized carbons (Fsp3) is 0.0455. The molecule has 0 radical (unpaired) electrons. The smallest absolute Gasteiger partial charge is 0.271 e. The van der Waals surface area contributed by atoms with Crippen molar-refractivity contribution in [1.29, 1.82) is 0 Å². The lowest BCUT2D eigenvalue weighted by Gasteiger charge is -2.08. The Morgan fingerprint density at radius 1 is 1.00 bits per heavy atom. The van der Waals surface area contributed by atoms with Crippen LogP contribution < -0.4 is 10.6 Å². The lowest BCUT2D eigenvalue weighted by Crippen LogP contribution is -2.23. The van der Waals surface area contributed by atoms with Crippen LogP contribution in [0.3, 0.4) is 0 Å². The third-order valence-electron chi connectivity index (χ3n) is 4.25. The molecule has 4 rings (SSSR count). The quantitative estimate of drug-likeness (QED) is 0.436. The third-order valence-corrected chi connectivity index (χ3v) is 5.82. The second kappa shape index (κ2) is 8.98. The van der Waals surface area contributed by atoms with Crippen molar-refractivity contribution >= 4 is 40.2 Å². The Kier molecular flexibility index (Phi) is 5.97. The fourth-order valence-corrected chi connectivity index (χ4v) is 4.25. The van der Waals surface area contributed by atoms with Crippen molar-refractivity contribution in [1.82, 2.24) is 10.3 Å². The van der Waals surface area contributed by atoms with Crippen LogP contribution in [0, 0.1) is 5.82 Å². The van der Waals surface area contributed by atoms with E-state index >= 15 is 0 Å². The first-order valence-corrected chi connectivity index (χ1v) is 10.8. The van der Waals surface area contributed by atoms with Gasteiger partial charge in [-0.25, -0.2) is 9.37 Å². The summed E-state index contributed by atoms with van der Waals surface area (Å²) in [6, 6.07) is 14.5. The van der Waals surface area contributed by atoms with Gasteiger partial charge in [-0.1, -0.05) is 12.1 Å². The van der Waals surface area contributed by atoms with Gasteiger partial charge in [0.2, 0.25) is 0 Å². The predicted octanol–water partition coefficient (Wildman–Crippen LogP) is 5.19. The average Bonchev–Trinajstić information content (AvgIpc) is 3.44. The molecule has 0 bridgehead atoms. The number of thiazole rings is 1. The number of carbonyl (C=O) groups excluding carboxylic acids is 2. The summed E-state index contributed by atoms with van der Waals surface area (Å²) < 4.78 is 13.0. The van der Waals surface area contributed by atoms with Gasteiger partial charge in [0.25, 0.3) is 11.8 Å². The van der Waals surface area contributed by atoms with E-state index in [1.165, 1.54) is 35.6 Å². The Morgan fingerprint density at radius 2 is 1.83 bits per heavy atom. The summed E-state index contributed by atoms with van der Waals surface area (Å²) in [5, 5.41) is 12.1. The van der Waals surface area contributed by atoms with Crippen molar-refractivity contribution in [2.45, 2.75) is 6.54 Å². The normalized spacial score (nSPS) is 10.6. The summed E-state index contributed by atoms with van der Waals surface area (Å²) in [5.41, 5.74) is 3.16. The topological polar surface area (TPSA) is 71.1 Å². The molecule has 2 aromatic heterocycles. The highest BCUT2D eigenvalue weighted by Gasteiger charge is 2.12. The molecule has 150 valence electrons. The summed E-state index contributed by atoms with van der Waals surface area (Å²) in [5.74, 6) is -0.986. The zero-order chi connectivity index (χ0) is 20.9. The molecule has 0 unspecified atom stereocenters. The van der Waals surface area contributed by atoms with E-state index in [9.17, 15) is 14.0 Å². The lowest BCUT2D eigenvalue weighted by atomic mass is 10.1. The number of carbonyl (C=O) groups is 2. The minimum Gasteiger partial charge on any atom is -0.347 e. The molecule has 2 heterocycles. The zero-order valence-corrected chi connectivity index (χ0v) is 17.2. The van der Waals surface area contributed by atoms with Gasteiger partial charge in [-0.2, -0.15) is 11.3 Å². The molecule has 0 saturated carbocycles. The molecule has 2 amide bonds. The fourth-order valence-electron chi connectivity index (χ4n) is 2.73. The van der Waals surface area contributed by atoms with Gasteiger partial charge in [0.05, 0.1) is 0 Å². The number of nitrogens with one attached hydrogen (secondary N) is 2. The number of aromatic nitrogens is 1. The average molecular weight is 438 g/mol. The molecule has 0 atom stereocenters. The first-order valence-electron chi connectivity index (χ1n) is 9.00. The summed E-state index contributed by atoms with van der Waals surface area (Å²) >= 11 is 3.01. The Morgan fingerprint density at radius 3 is 2.60 bits per heavy atom. The molecule has 30 heavy (non-hydrogen) atoms. The van der Waals surface area contributed by atoms with Crippen molar-refractivity contribution in [3.05, 3.63) is 93.4 Å². The first kappa shape index (κ1) is 19.9. The number of halogens is 1. The zero-order valence-electron chi connectivity index (χ0n) is 15.6. The summed E-state index contributed by atoms with van der Waals surface area (Å²) in [6.45, 7) is 0.296. The van der Waals surface area contributed by atoms with E-state index in [0.717, 1.165) is 16.1 Å². The van der Waals surface area contributed by atoms with Gasteiger partial charge in [-0.3, -0.25) is 9.59 Å². The van der Waals surface area contributed by atoms with E-state index in [0.29, 0.717) is 23.5 Å². The molecule has 2 N–H and O–H groups in total. The maximum Gasteiger partial charge on any atom is 0.271 e. The summed E-state index contributed by atoms with van der Waals surface area (Å²) in [4.78, 5) is 29.1. The Bertz CT molecular complexity index is 1170. The van der Waals surface area contributed by atoms with Gasteiger partial charge < -0.3 is 10.6 Å². The SMILES string of the molecule is O=C(Nc1cccc(CNC(=O)c2csc(-c3ccsc3)n2)c1)c1ccc(F)cc1. The number of amides is 2. The van der Waals surface area contributed by atoms with Crippen molar-refractivity contribution in [2.75, 3.05) is 5.32 Å². The number of rotatable bonds is 6. The van der Waals surface area contributed by atoms with Crippen LogP contribution in [-0.2, 0) is 6.54 Å². The van der Waals surface area contributed by atoms with E-state index < -0.39 is 5.82 Å². The van der Waals surface area contributed by atoms with Crippen LogP contribution in [0.1, 0.15) is 26.4 Å². The van der Waals surface area contributed by atoms with Crippen molar-refractivity contribution in [2.24, 2.45) is 0 Å². The van der Waals surface area contributed by atoms with Gasteiger partial charge in [0.15, 0.2) is 0 Å². The van der Waals surface area contributed by atoms with Gasteiger partial charge in [-0.05, 0) is 53.4 Å². The Balaban J connectivity index is 1.37. The van der Waals surface area contributed by atoms with E-state index in [2.05, 4.69) is 15.6 Å². The van der Waals surface area contributed by atoms with Gasteiger partial charge in [-0.15, -0.1) is 11.3 Å². The molecule has 0 aliphatic carbocycles. The maximum atomic E-state index is 13.0. The highest BCUT2D eigenvalue weighted by Crippen LogP contribution is 2.25. The Hall–Kier alpha value is -3.36. The number of thiophene rings is 1. The number of hydrogen-bond donors (Lipinski definition) is 2. The molecule has 0 fully saturated rings. The molecule has 0 saturated heterocycles. The summed E-state index contributed by atoms with van der Waals surface area (Å²) in [6.07, 6.45) is 0. The molecule has 8 heteroatoms. The molecule has 2 aromatic carbocycles. The van der Waals surface area contributed by atoms with Crippen LogP contribution in [-0.4, -0.2) is 16.8 Å². The van der Waals surface area contributed by atoms with E-state index in [1.807, 2.05) is 22.9 Å². The van der Waals surface area contributed by atoms with Crippen LogP contribution >= 0.6 is 22.7 Å². The highest BCUT2D eigenvalue weighted by atomic mass is 32.1. The lowest BCUT2D eigenvalue weighted by molar-refractivity contribution is 0.0945. The molecule has 0 aliphatic rings. The predicted molar refractivity (Wildman–Crippen MR) is 117 cm³/mol. The molecular formula is C22H16FN3O2S2. The molecule has 5 nitrogen and oxygen atoms in total. The minimum atomic E-state index is -0.396. The standard InChI is InChI=1S/C22H16FN3O2S2/c23-17-6-4-15(5-7-17)20(27)25-18-3-1-2-14(10-18)11-24-21(28)19-13-30-22(26-19)16-8-9-29-12-16/h1-10,12-13H,11H2,(H,24,28)(H,25,27). The highest BCUT2D eigenvalue weighted by molar-refractivity contribution is 7.14. The number of nitrogens with zero attached hydrogens (tertiary/aromatic N) is 1. The van der Waals surface area contributed by atoms with Gasteiger partial charge in [0, 0.05) is 34.1 Å². The Labute approximate surface area is 180 Å². The maximum absolute atomic E-state index is 13.0. The molecular weight excluding hydrogens is 421 g/mol. The monoisotopic (exact) mass is 437 g/mol. The van der Waals surface area contributed by atoms with E-state index in [4.69, 9.17) is 0 Å². The van der Waals surface area contributed by atoms with Crippen molar-refractivity contribution in [3.8, 4) is 10.6 Å². The minimum absolute atomic E-state index is 0.256. The van der Waals surface area contributed by atoms with Crippen LogP contribution in [0.4, 0.5) is 10.1 Å². The van der Waals surface area contributed by atoms with Crippen LogP contribution in [0.15, 0.2) is 70.7 Å². The number of benzene rings is 2. The van der Waals surface area contributed by atoms with Gasteiger partial charge >= 0.3 is 0 Å². The molecule has 0 spiro atoms. The molecule has 0 aliphatic heterocycles. The van der Waals surface area contributed by atoms with Crippen LogP contribution in [0.5, 0.6) is 0 Å². The summed E-state index contributed by atoms with van der Waals surface area (Å²) in [7, 11) is 0. The van der Waals surface area contributed by atoms with Gasteiger partial charge in [0.1, 0.15) is 16.5 Å². The van der Waals surface area contributed by atoms with Crippen LogP contribution in [0.2, 0.25) is 0 Å². The second-order valence-corrected chi connectivity index (χ2v) is 8.03. The van der Waals surface area contributed by atoms with E-state index in [-0.39, 0.29) is 11.8 Å². The second-order valence-electron chi connectivity index (χ2n) is 6.39. The first-order chi connectivity index (χ1) is 14.6. The van der Waals surface area contributed by atoms with Crippen molar-refractivity contribution in [3.63, 3.8) is 0 Å². The van der Waals surface area contributed by atoms with Crippen LogP contribution in [0.25, 0.3) is 10.6 Å². The number of anilines is 1. The van der Waals surface area contributed by atoms with Crippen molar-refractivity contribution < 1.29 is 14.0 Å². The number of hydrogen-bond acceptors (Lipinski definition) is 5. The largest absolute Gasteiger partial charge is 0.347 e.